The predicted molar refractivity (Wildman–Crippen MR) is 118 cm³/mol. The highest BCUT2D eigenvalue weighted by atomic mass is 79.9. The van der Waals surface area contributed by atoms with E-state index in [1.165, 1.54) is 0 Å². The molecule has 0 heterocycles. The van der Waals surface area contributed by atoms with Crippen LogP contribution >= 0.6 is 15.9 Å². The van der Waals surface area contributed by atoms with Gasteiger partial charge in [-0.05, 0) is 45.3 Å². The fraction of sp³-hybridized carbons (Fsp3) is 0.174. The molecule has 0 aliphatic rings. The van der Waals surface area contributed by atoms with Crippen LogP contribution in [0.15, 0.2) is 77.3 Å². The van der Waals surface area contributed by atoms with Gasteiger partial charge in [-0.3, -0.25) is 10.1 Å². The predicted octanol–water partition coefficient (Wildman–Crippen LogP) is 4.94. The van der Waals surface area contributed by atoms with Gasteiger partial charge in [-0.15, -0.1) is 0 Å². The SMILES string of the molecule is COc1ccc(CNC(C(=O)Nc2ccccc2)c2ccccc2)c(Br)c1OC. The van der Waals surface area contributed by atoms with Gasteiger partial charge in [-0.2, -0.15) is 0 Å². The van der Waals surface area contributed by atoms with Gasteiger partial charge < -0.3 is 14.8 Å². The quantitative estimate of drug-likeness (QED) is 0.506. The highest BCUT2D eigenvalue weighted by Crippen LogP contribution is 2.37. The second kappa shape index (κ2) is 10.1. The molecule has 0 spiro atoms. The number of ether oxygens (including phenoxy) is 2. The third kappa shape index (κ3) is 5.16. The number of carbonyl (C=O) groups is 1. The summed E-state index contributed by atoms with van der Waals surface area (Å²) in [4.78, 5) is 13.0. The molecule has 150 valence electrons. The van der Waals surface area contributed by atoms with Crippen LogP contribution < -0.4 is 20.1 Å². The van der Waals surface area contributed by atoms with Gasteiger partial charge in [0.05, 0.1) is 18.7 Å². The molecular formula is C23H23BrN2O3. The maximum atomic E-state index is 13.0. The van der Waals surface area contributed by atoms with Gasteiger partial charge in [0.25, 0.3) is 0 Å². The van der Waals surface area contributed by atoms with Gasteiger partial charge in [0.15, 0.2) is 11.5 Å². The lowest BCUT2D eigenvalue weighted by Gasteiger charge is -2.20. The summed E-state index contributed by atoms with van der Waals surface area (Å²) in [6, 6.07) is 22.3. The van der Waals surface area contributed by atoms with Gasteiger partial charge in [0.2, 0.25) is 5.91 Å². The van der Waals surface area contributed by atoms with Crippen LogP contribution in [-0.4, -0.2) is 20.1 Å². The Bertz CT molecular complexity index is 949. The molecule has 3 rings (SSSR count). The highest BCUT2D eigenvalue weighted by molar-refractivity contribution is 9.10. The number of methoxy groups -OCH3 is 2. The molecule has 3 aromatic carbocycles. The van der Waals surface area contributed by atoms with E-state index >= 15 is 0 Å². The number of hydrogen-bond acceptors (Lipinski definition) is 4. The monoisotopic (exact) mass is 454 g/mol. The van der Waals surface area contributed by atoms with Gasteiger partial charge in [0, 0.05) is 12.2 Å². The largest absolute Gasteiger partial charge is 0.493 e. The van der Waals surface area contributed by atoms with Crippen LogP contribution in [0.3, 0.4) is 0 Å². The number of nitrogens with one attached hydrogen (secondary N) is 2. The second-order valence-electron chi connectivity index (χ2n) is 6.35. The van der Waals surface area contributed by atoms with Crippen molar-refractivity contribution in [3.8, 4) is 11.5 Å². The third-order valence-corrected chi connectivity index (χ3v) is 5.37. The van der Waals surface area contributed by atoms with Gasteiger partial charge >= 0.3 is 0 Å². The van der Waals surface area contributed by atoms with E-state index in [-0.39, 0.29) is 5.91 Å². The molecule has 1 atom stereocenters. The number of carbonyl (C=O) groups excluding carboxylic acids is 1. The Balaban J connectivity index is 1.82. The Morgan fingerprint density at radius 1 is 0.931 bits per heavy atom. The average molecular weight is 455 g/mol. The van der Waals surface area contributed by atoms with Crippen LogP contribution in [0, 0.1) is 0 Å². The number of para-hydroxylation sites is 1. The van der Waals surface area contributed by atoms with Crippen molar-refractivity contribution < 1.29 is 14.3 Å². The maximum Gasteiger partial charge on any atom is 0.246 e. The summed E-state index contributed by atoms with van der Waals surface area (Å²) < 4.78 is 11.6. The van der Waals surface area contributed by atoms with Crippen molar-refractivity contribution in [2.75, 3.05) is 19.5 Å². The van der Waals surface area contributed by atoms with Gasteiger partial charge in [0.1, 0.15) is 6.04 Å². The second-order valence-corrected chi connectivity index (χ2v) is 7.15. The third-order valence-electron chi connectivity index (χ3n) is 4.50. The minimum atomic E-state index is -0.517. The van der Waals surface area contributed by atoms with Crippen molar-refractivity contribution in [1.82, 2.24) is 5.32 Å². The molecule has 0 aromatic heterocycles. The Kier molecular flexibility index (Phi) is 7.27. The molecule has 0 radical (unpaired) electrons. The lowest BCUT2D eigenvalue weighted by Crippen LogP contribution is -2.32. The first-order valence-electron chi connectivity index (χ1n) is 9.17. The molecule has 0 aliphatic carbocycles. The summed E-state index contributed by atoms with van der Waals surface area (Å²) in [6.45, 7) is 0.461. The average Bonchev–Trinajstić information content (AvgIpc) is 2.76. The van der Waals surface area contributed by atoms with Crippen molar-refractivity contribution in [3.63, 3.8) is 0 Å². The smallest absolute Gasteiger partial charge is 0.246 e. The van der Waals surface area contributed by atoms with E-state index in [9.17, 15) is 4.79 Å². The van der Waals surface area contributed by atoms with Crippen LogP contribution in [0.5, 0.6) is 11.5 Å². The minimum absolute atomic E-state index is 0.126. The molecule has 0 saturated carbocycles. The molecular weight excluding hydrogens is 432 g/mol. The Morgan fingerprint density at radius 2 is 1.59 bits per heavy atom. The molecule has 2 N–H and O–H groups in total. The van der Waals surface area contributed by atoms with E-state index in [1.807, 2.05) is 72.8 Å². The molecule has 0 saturated heterocycles. The van der Waals surface area contributed by atoms with E-state index in [4.69, 9.17) is 9.47 Å². The van der Waals surface area contributed by atoms with Crippen molar-refractivity contribution in [1.29, 1.82) is 0 Å². The summed E-state index contributed by atoms with van der Waals surface area (Å²) in [6.07, 6.45) is 0. The lowest BCUT2D eigenvalue weighted by molar-refractivity contribution is -0.118. The molecule has 5 nitrogen and oxygen atoms in total. The minimum Gasteiger partial charge on any atom is -0.493 e. The van der Waals surface area contributed by atoms with E-state index in [0.29, 0.717) is 18.0 Å². The normalized spacial score (nSPS) is 11.6. The number of halogens is 1. The number of anilines is 1. The topological polar surface area (TPSA) is 59.6 Å². The van der Waals surface area contributed by atoms with E-state index in [2.05, 4.69) is 26.6 Å². The molecule has 1 unspecified atom stereocenters. The van der Waals surface area contributed by atoms with Crippen LogP contribution in [0.2, 0.25) is 0 Å². The first kappa shape index (κ1) is 20.9. The van der Waals surface area contributed by atoms with E-state index in [1.54, 1.807) is 14.2 Å². The lowest BCUT2D eigenvalue weighted by atomic mass is 10.1. The van der Waals surface area contributed by atoms with Crippen LogP contribution in [0.1, 0.15) is 17.2 Å². The van der Waals surface area contributed by atoms with E-state index < -0.39 is 6.04 Å². The summed E-state index contributed by atoms with van der Waals surface area (Å²) in [7, 11) is 3.20. The molecule has 0 aliphatic heterocycles. The fourth-order valence-corrected chi connectivity index (χ4v) is 3.65. The van der Waals surface area contributed by atoms with Crippen LogP contribution in [0.4, 0.5) is 5.69 Å². The molecule has 1 amide bonds. The van der Waals surface area contributed by atoms with Crippen molar-refractivity contribution in [3.05, 3.63) is 88.4 Å². The number of rotatable bonds is 8. The summed E-state index contributed by atoms with van der Waals surface area (Å²) in [5.74, 6) is 1.14. The number of amides is 1. The zero-order valence-electron chi connectivity index (χ0n) is 16.3. The molecule has 3 aromatic rings. The zero-order chi connectivity index (χ0) is 20.6. The Morgan fingerprint density at radius 3 is 2.21 bits per heavy atom. The highest BCUT2D eigenvalue weighted by Gasteiger charge is 2.21. The standard InChI is InChI=1S/C23H23BrN2O3/c1-28-19-14-13-17(20(24)22(19)29-2)15-25-21(16-9-5-3-6-10-16)23(27)26-18-11-7-4-8-12-18/h3-14,21,25H,15H2,1-2H3,(H,26,27). The van der Waals surface area contributed by atoms with Crippen LogP contribution in [0.25, 0.3) is 0 Å². The van der Waals surface area contributed by atoms with E-state index in [0.717, 1.165) is 21.3 Å². The first-order valence-corrected chi connectivity index (χ1v) is 9.97. The van der Waals surface area contributed by atoms with Crippen molar-refractivity contribution in [2.45, 2.75) is 12.6 Å². The summed E-state index contributed by atoms with van der Waals surface area (Å²) >= 11 is 3.58. The number of benzene rings is 3. The van der Waals surface area contributed by atoms with Crippen molar-refractivity contribution in [2.24, 2.45) is 0 Å². The van der Waals surface area contributed by atoms with Crippen molar-refractivity contribution >= 4 is 27.5 Å². The first-order chi connectivity index (χ1) is 14.1. The van der Waals surface area contributed by atoms with Crippen LogP contribution in [-0.2, 0) is 11.3 Å². The molecule has 0 fully saturated rings. The Hall–Kier alpha value is -2.83. The Labute approximate surface area is 179 Å². The molecule has 29 heavy (non-hydrogen) atoms. The molecule has 0 bridgehead atoms. The zero-order valence-corrected chi connectivity index (χ0v) is 17.9. The fourth-order valence-electron chi connectivity index (χ4n) is 3.02. The van der Waals surface area contributed by atoms with Gasteiger partial charge in [-0.1, -0.05) is 54.6 Å². The number of hydrogen-bond donors (Lipinski definition) is 2. The summed E-state index contributed by atoms with van der Waals surface area (Å²) in [5.41, 5.74) is 2.60. The summed E-state index contributed by atoms with van der Waals surface area (Å²) in [5, 5.41) is 6.34. The maximum absolute atomic E-state index is 13.0. The molecule has 6 heteroatoms. The van der Waals surface area contributed by atoms with Gasteiger partial charge in [-0.25, -0.2) is 0 Å².